The van der Waals surface area contributed by atoms with E-state index in [1.807, 2.05) is 18.2 Å². The zero-order valence-electron chi connectivity index (χ0n) is 12.7. The van der Waals surface area contributed by atoms with Crippen LogP contribution < -0.4 is 16.0 Å². The molecule has 3 N–H and O–H groups in total. The van der Waals surface area contributed by atoms with Crippen LogP contribution in [-0.4, -0.2) is 32.2 Å². The number of urea groups is 1. The molecule has 0 saturated carbocycles. The van der Waals surface area contributed by atoms with Crippen LogP contribution in [0.4, 0.5) is 10.5 Å². The number of ether oxygens (including phenoxy) is 1. The van der Waals surface area contributed by atoms with Crippen LogP contribution in [0.15, 0.2) is 24.3 Å². The predicted octanol–water partition coefficient (Wildman–Crippen LogP) is 2.04. The van der Waals surface area contributed by atoms with E-state index < -0.39 is 12.0 Å². The van der Waals surface area contributed by atoms with Gasteiger partial charge in [-0.1, -0.05) is 19.1 Å². The highest BCUT2D eigenvalue weighted by Crippen LogP contribution is 2.17. The molecule has 0 radical (unpaired) electrons. The van der Waals surface area contributed by atoms with Crippen molar-refractivity contribution in [2.45, 2.75) is 26.3 Å². The highest BCUT2D eigenvalue weighted by Gasteiger charge is 2.08. The summed E-state index contributed by atoms with van der Waals surface area (Å²) in [6, 6.07) is 7.37. The molecular formula is C15H23N3O3. The Morgan fingerprint density at radius 1 is 1.33 bits per heavy atom. The van der Waals surface area contributed by atoms with E-state index in [-0.39, 0.29) is 12.6 Å². The van der Waals surface area contributed by atoms with Crippen molar-refractivity contribution in [1.29, 1.82) is 0 Å². The molecule has 0 bridgehead atoms. The first-order valence-electron chi connectivity index (χ1n) is 7.01. The second kappa shape index (κ2) is 8.97. The number of benzene rings is 1. The molecule has 0 heterocycles. The molecule has 2 amide bonds. The predicted molar refractivity (Wildman–Crippen MR) is 82.2 cm³/mol. The Hall–Kier alpha value is -2.08. The molecule has 0 aliphatic heterocycles. The van der Waals surface area contributed by atoms with Gasteiger partial charge < -0.3 is 20.7 Å². The number of anilines is 1. The molecule has 21 heavy (non-hydrogen) atoms. The van der Waals surface area contributed by atoms with E-state index in [2.05, 4.69) is 34.5 Å². The highest BCUT2D eigenvalue weighted by molar-refractivity contribution is 5.91. The number of methoxy groups -OCH3 is 1. The van der Waals surface area contributed by atoms with Crippen molar-refractivity contribution in [3.05, 3.63) is 29.8 Å². The minimum absolute atomic E-state index is 0.156. The lowest BCUT2D eigenvalue weighted by Crippen LogP contribution is -2.33. The molecule has 1 aromatic rings. The first kappa shape index (κ1) is 17.0. The first-order valence-corrected chi connectivity index (χ1v) is 7.01. The fraction of sp³-hybridized carbons (Fsp3) is 0.467. The van der Waals surface area contributed by atoms with Crippen molar-refractivity contribution in [2.75, 3.05) is 25.5 Å². The smallest absolute Gasteiger partial charge is 0.325 e. The van der Waals surface area contributed by atoms with Crippen molar-refractivity contribution in [3.8, 4) is 0 Å². The van der Waals surface area contributed by atoms with E-state index in [4.69, 9.17) is 0 Å². The maximum atomic E-state index is 11.6. The molecule has 0 spiro atoms. The normalized spacial score (nSPS) is 11.6. The third-order valence-electron chi connectivity index (χ3n) is 2.97. The summed E-state index contributed by atoms with van der Waals surface area (Å²) in [6.45, 7) is 4.98. The van der Waals surface area contributed by atoms with E-state index in [1.54, 1.807) is 6.07 Å². The van der Waals surface area contributed by atoms with E-state index >= 15 is 0 Å². The van der Waals surface area contributed by atoms with Gasteiger partial charge in [0.1, 0.15) is 6.54 Å². The van der Waals surface area contributed by atoms with Crippen LogP contribution in [0, 0.1) is 0 Å². The van der Waals surface area contributed by atoms with Gasteiger partial charge in [0.2, 0.25) is 0 Å². The lowest BCUT2D eigenvalue weighted by molar-refractivity contribution is -0.139. The molecule has 0 aliphatic carbocycles. The van der Waals surface area contributed by atoms with E-state index in [0.717, 1.165) is 18.5 Å². The zero-order chi connectivity index (χ0) is 15.7. The average Bonchev–Trinajstić information content (AvgIpc) is 2.50. The quantitative estimate of drug-likeness (QED) is 0.672. The molecule has 6 heteroatoms. The van der Waals surface area contributed by atoms with E-state index in [0.29, 0.717) is 5.69 Å². The van der Waals surface area contributed by atoms with Gasteiger partial charge in [-0.25, -0.2) is 4.79 Å². The Labute approximate surface area is 125 Å². The third-order valence-corrected chi connectivity index (χ3v) is 2.97. The Kier molecular flexibility index (Phi) is 7.25. The minimum atomic E-state index is -0.490. The first-order chi connectivity index (χ1) is 10.1. The van der Waals surface area contributed by atoms with Crippen LogP contribution in [0.2, 0.25) is 0 Å². The zero-order valence-corrected chi connectivity index (χ0v) is 12.7. The molecule has 1 rings (SSSR count). The molecule has 6 nitrogen and oxygen atoms in total. The maximum absolute atomic E-state index is 11.6. The molecule has 1 atom stereocenters. The summed E-state index contributed by atoms with van der Waals surface area (Å²) in [4.78, 5) is 22.6. The van der Waals surface area contributed by atoms with Gasteiger partial charge >= 0.3 is 12.0 Å². The van der Waals surface area contributed by atoms with Gasteiger partial charge in [0.05, 0.1) is 7.11 Å². The van der Waals surface area contributed by atoms with E-state index in [9.17, 15) is 9.59 Å². The average molecular weight is 293 g/mol. The Morgan fingerprint density at radius 2 is 2.10 bits per heavy atom. The van der Waals surface area contributed by atoms with Gasteiger partial charge in [-0.2, -0.15) is 0 Å². The fourth-order valence-electron chi connectivity index (χ4n) is 1.76. The van der Waals surface area contributed by atoms with Crippen molar-refractivity contribution in [1.82, 2.24) is 10.6 Å². The molecule has 1 aromatic carbocycles. The summed E-state index contributed by atoms with van der Waals surface area (Å²) < 4.78 is 4.45. The van der Waals surface area contributed by atoms with Gasteiger partial charge in [0.25, 0.3) is 0 Å². The Bertz CT molecular complexity index is 477. The number of hydrogen-bond donors (Lipinski definition) is 3. The van der Waals surface area contributed by atoms with Gasteiger partial charge in [0.15, 0.2) is 0 Å². The Morgan fingerprint density at radius 3 is 2.76 bits per heavy atom. The Balaban J connectivity index is 2.55. The number of amides is 2. The summed E-state index contributed by atoms with van der Waals surface area (Å²) in [5.41, 5.74) is 1.77. The monoisotopic (exact) mass is 293 g/mol. The van der Waals surface area contributed by atoms with E-state index in [1.165, 1.54) is 7.11 Å². The second-order valence-electron chi connectivity index (χ2n) is 4.69. The van der Waals surface area contributed by atoms with Gasteiger partial charge in [-0.05, 0) is 37.6 Å². The fourth-order valence-corrected chi connectivity index (χ4v) is 1.76. The van der Waals surface area contributed by atoms with Crippen LogP contribution >= 0.6 is 0 Å². The number of nitrogens with one attached hydrogen (secondary N) is 3. The number of hydrogen-bond acceptors (Lipinski definition) is 4. The number of esters is 1. The summed E-state index contributed by atoms with van der Waals surface area (Å²) in [5.74, 6) is -0.490. The third kappa shape index (κ3) is 6.27. The van der Waals surface area contributed by atoms with Crippen LogP contribution in [-0.2, 0) is 9.53 Å². The molecule has 116 valence electrons. The topological polar surface area (TPSA) is 79.5 Å². The number of carbonyl (C=O) groups is 2. The van der Waals surface area contributed by atoms with Crippen LogP contribution in [0.1, 0.15) is 31.9 Å². The van der Waals surface area contributed by atoms with Crippen molar-refractivity contribution < 1.29 is 14.3 Å². The van der Waals surface area contributed by atoms with Crippen LogP contribution in [0.25, 0.3) is 0 Å². The maximum Gasteiger partial charge on any atom is 0.325 e. The molecule has 0 saturated heterocycles. The SMILES string of the molecule is CCCNC(C)c1cccc(NC(=O)NCC(=O)OC)c1. The van der Waals surface area contributed by atoms with Crippen LogP contribution in [0.5, 0.6) is 0 Å². The molecule has 0 aliphatic rings. The second-order valence-corrected chi connectivity index (χ2v) is 4.69. The van der Waals surface area contributed by atoms with Gasteiger partial charge in [-0.3, -0.25) is 4.79 Å². The van der Waals surface area contributed by atoms with Gasteiger partial charge in [-0.15, -0.1) is 0 Å². The summed E-state index contributed by atoms with van der Waals surface area (Å²) in [5, 5.41) is 8.50. The van der Waals surface area contributed by atoms with Gasteiger partial charge in [0, 0.05) is 11.7 Å². The minimum Gasteiger partial charge on any atom is -0.468 e. The molecule has 0 aromatic heterocycles. The molecular weight excluding hydrogens is 270 g/mol. The van der Waals surface area contributed by atoms with Crippen molar-refractivity contribution in [2.24, 2.45) is 0 Å². The van der Waals surface area contributed by atoms with Crippen LogP contribution in [0.3, 0.4) is 0 Å². The van der Waals surface area contributed by atoms with Crippen molar-refractivity contribution in [3.63, 3.8) is 0 Å². The number of carbonyl (C=O) groups excluding carboxylic acids is 2. The lowest BCUT2D eigenvalue weighted by Gasteiger charge is -2.15. The van der Waals surface area contributed by atoms with Crippen molar-refractivity contribution >= 4 is 17.7 Å². The summed E-state index contributed by atoms with van der Waals surface area (Å²) in [7, 11) is 1.27. The summed E-state index contributed by atoms with van der Waals surface area (Å²) >= 11 is 0. The lowest BCUT2D eigenvalue weighted by atomic mass is 10.1. The number of rotatable bonds is 7. The molecule has 1 unspecified atom stereocenters. The highest BCUT2D eigenvalue weighted by atomic mass is 16.5. The standard InChI is InChI=1S/C15H23N3O3/c1-4-8-16-11(2)12-6-5-7-13(9-12)18-15(20)17-10-14(19)21-3/h5-7,9,11,16H,4,8,10H2,1-3H3,(H2,17,18,20). The largest absolute Gasteiger partial charge is 0.468 e. The molecule has 0 fully saturated rings. The summed E-state index contributed by atoms with van der Waals surface area (Å²) in [6.07, 6.45) is 1.07.